The smallest absolute Gasteiger partial charge is 0.377 e. The van der Waals surface area contributed by atoms with Crippen LogP contribution in [0.25, 0.3) is 0 Å². The predicted octanol–water partition coefficient (Wildman–Crippen LogP) is 2.90. The molecule has 1 fully saturated rings. The Hall–Kier alpha value is -3.88. The van der Waals surface area contributed by atoms with E-state index in [1.165, 1.54) is 40.7 Å². The number of carbonyl (C=O) groups excluding carboxylic acids is 3. The standard InChI is InChI=1S/C21H19F6N5O4/c22-20(23,24)15-2-1-3-16(28-15)29-19(35)32-8-9-36-11-14(32)10-12-4-6-13(7-5-12)17(33)30-31-18(34)21(25,26)27/h1-7,14H,8-11H2,(H,30,33)(H,31,34)(H,28,29,35). The molecule has 15 heteroatoms. The van der Waals surface area contributed by atoms with Gasteiger partial charge in [-0.25, -0.2) is 9.78 Å². The Morgan fingerprint density at radius 1 is 1.00 bits per heavy atom. The molecule has 1 saturated heterocycles. The molecule has 36 heavy (non-hydrogen) atoms. The van der Waals surface area contributed by atoms with Crippen LogP contribution in [0.1, 0.15) is 21.6 Å². The number of rotatable bonds is 4. The van der Waals surface area contributed by atoms with Gasteiger partial charge in [-0.05, 0) is 36.2 Å². The van der Waals surface area contributed by atoms with Crippen LogP contribution in [-0.4, -0.2) is 59.7 Å². The Morgan fingerprint density at radius 2 is 1.69 bits per heavy atom. The number of carbonyl (C=O) groups is 3. The number of hydrogen-bond acceptors (Lipinski definition) is 5. The van der Waals surface area contributed by atoms with E-state index in [4.69, 9.17) is 4.74 Å². The van der Waals surface area contributed by atoms with E-state index in [-0.39, 0.29) is 37.6 Å². The van der Waals surface area contributed by atoms with E-state index in [9.17, 15) is 40.7 Å². The van der Waals surface area contributed by atoms with Crippen molar-refractivity contribution in [3.8, 4) is 0 Å². The number of ether oxygens (including phenoxy) is 1. The van der Waals surface area contributed by atoms with Crippen molar-refractivity contribution in [3.05, 3.63) is 59.3 Å². The molecule has 9 nitrogen and oxygen atoms in total. The Bertz CT molecular complexity index is 1110. The fourth-order valence-electron chi connectivity index (χ4n) is 3.26. The molecular formula is C21H19F6N5O4. The van der Waals surface area contributed by atoms with Crippen LogP contribution in [0.4, 0.5) is 37.0 Å². The van der Waals surface area contributed by atoms with Gasteiger partial charge in [-0.15, -0.1) is 0 Å². The molecule has 0 saturated carbocycles. The quantitative estimate of drug-likeness (QED) is 0.425. The van der Waals surface area contributed by atoms with Gasteiger partial charge in [-0.2, -0.15) is 26.3 Å². The first kappa shape index (κ1) is 26.7. The summed E-state index contributed by atoms with van der Waals surface area (Å²) >= 11 is 0. The highest BCUT2D eigenvalue weighted by molar-refractivity contribution is 5.95. The second-order valence-corrected chi connectivity index (χ2v) is 7.57. The molecule has 0 spiro atoms. The molecule has 1 aromatic heterocycles. The Balaban J connectivity index is 1.62. The SMILES string of the molecule is O=C(NNC(=O)C(F)(F)F)c1ccc(CC2COCCN2C(=O)Nc2cccc(C(F)(F)F)n2)cc1. The number of hydrazine groups is 1. The Morgan fingerprint density at radius 3 is 2.33 bits per heavy atom. The number of urea groups is 1. The minimum Gasteiger partial charge on any atom is -0.377 e. The molecule has 1 aliphatic rings. The van der Waals surface area contributed by atoms with E-state index in [0.29, 0.717) is 5.56 Å². The van der Waals surface area contributed by atoms with Crippen molar-refractivity contribution in [1.82, 2.24) is 20.7 Å². The number of alkyl halides is 6. The van der Waals surface area contributed by atoms with Crippen molar-refractivity contribution in [2.75, 3.05) is 25.1 Å². The number of aromatic nitrogens is 1. The van der Waals surface area contributed by atoms with Crippen LogP contribution < -0.4 is 16.2 Å². The number of pyridine rings is 1. The van der Waals surface area contributed by atoms with Gasteiger partial charge in [-0.1, -0.05) is 18.2 Å². The maximum absolute atomic E-state index is 12.9. The molecule has 0 aliphatic carbocycles. The molecule has 194 valence electrons. The molecule has 1 aliphatic heterocycles. The minimum absolute atomic E-state index is 0.0358. The zero-order valence-corrected chi connectivity index (χ0v) is 18.2. The molecule has 1 atom stereocenters. The third-order valence-corrected chi connectivity index (χ3v) is 5.00. The predicted molar refractivity (Wildman–Crippen MR) is 111 cm³/mol. The summed E-state index contributed by atoms with van der Waals surface area (Å²) in [6.45, 7) is 0.507. The van der Waals surface area contributed by atoms with Crippen molar-refractivity contribution >= 4 is 23.7 Å². The van der Waals surface area contributed by atoms with E-state index in [0.717, 1.165) is 12.1 Å². The van der Waals surface area contributed by atoms with Gasteiger partial charge in [0.1, 0.15) is 11.5 Å². The van der Waals surface area contributed by atoms with Gasteiger partial charge in [-0.3, -0.25) is 25.8 Å². The first-order valence-corrected chi connectivity index (χ1v) is 10.3. The van der Waals surface area contributed by atoms with Crippen LogP contribution in [0, 0.1) is 0 Å². The topological polar surface area (TPSA) is 113 Å². The van der Waals surface area contributed by atoms with Gasteiger partial charge in [0, 0.05) is 12.1 Å². The van der Waals surface area contributed by atoms with Gasteiger partial charge < -0.3 is 9.64 Å². The maximum atomic E-state index is 12.9. The fourth-order valence-corrected chi connectivity index (χ4v) is 3.26. The lowest BCUT2D eigenvalue weighted by molar-refractivity contribution is -0.174. The highest BCUT2D eigenvalue weighted by atomic mass is 19.4. The zero-order valence-electron chi connectivity index (χ0n) is 18.2. The molecule has 3 rings (SSSR count). The van der Waals surface area contributed by atoms with Crippen LogP contribution in [0.15, 0.2) is 42.5 Å². The summed E-state index contributed by atoms with van der Waals surface area (Å²) in [5.41, 5.74) is 2.35. The first-order valence-electron chi connectivity index (χ1n) is 10.3. The summed E-state index contributed by atoms with van der Waals surface area (Å²) in [7, 11) is 0. The van der Waals surface area contributed by atoms with Crippen LogP contribution in [0.2, 0.25) is 0 Å². The van der Waals surface area contributed by atoms with Gasteiger partial charge in [0.05, 0.1) is 19.3 Å². The molecule has 0 bridgehead atoms. The first-order chi connectivity index (χ1) is 16.8. The highest BCUT2D eigenvalue weighted by Crippen LogP contribution is 2.28. The van der Waals surface area contributed by atoms with E-state index in [2.05, 4.69) is 10.3 Å². The van der Waals surface area contributed by atoms with Gasteiger partial charge in [0.2, 0.25) is 0 Å². The van der Waals surface area contributed by atoms with Crippen molar-refractivity contribution < 1.29 is 45.5 Å². The number of nitrogens with zero attached hydrogens (tertiary/aromatic N) is 2. The van der Waals surface area contributed by atoms with E-state index < -0.39 is 41.9 Å². The summed E-state index contributed by atoms with van der Waals surface area (Å²) < 4.78 is 80.6. The number of hydrogen-bond donors (Lipinski definition) is 3. The summed E-state index contributed by atoms with van der Waals surface area (Å²) in [6.07, 6.45) is -9.58. The molecular weight excluding hydrogens is 500 g/mol. The molecule has 2 aromatic rings. The number of anilines is 1. The van der Waals surface area contributed by atoms with Crippen molar-refractivity contribution in [2.45, 2.75) is 24.8 Å². The number of amides is 4. The van der Waals surface area contributed by atoms with Gasteiger partial charge in [0.25, 0.3) is 5.91 Å². The molecule has 1 unspecified atom stereocenters. The number of nitrogens with one attached hydrogen (secondary N) is 3. The van der Waals surface area contributed by atoms with Crippen molar-refractivity contribution in [1.29, 1.82) is 0 Å². The average molecular weight is 519 g/mol. The number of morpholine rings is 1. The molecule has 4 amide bonds. The van der Waals surface area contributed by atoms with Crippen LogP contribution in [-0.2, 0) is 22.1 Å². The maximum Gasteiger partial charge on any atom is 0.472 e. The molecule has 1 aromatic carbocycles. The fraction of sp³-hybridized carbons (Fsp3) is 0.333. The summed E-state index contributed by atoms with van der Waals surface area (Å²) in [5.74, 6) is -3.58. The lowest BCUT2D eigenvalue weighted by Gasteiger charge is -2.35. The third-order valence-electron chi connectivity index (χ3n) is 5.00. The summed E-state index contributed by atoms with van der Waals surface area (Å²) in [4.78, 5) is 40.3. The monoisotopic (exact) mass is 519 g/mol. The molecule has 0 radical (unpaired) electrons. The molecule has 3 N–H and O–H groups in total. The van der Waals surface area contributed by atoms with Crippen LogP contribution >= 0.6 is 0 Å². The summed E-state index contributed by atoms with van der Waals surface area (Å²) in [6, 6.07) is 7.57. The van der Waals surface area contributed by atoms with Crippen LogP contribution in [0.3, 0.4) is 0 Å². The zero-order chi connectivity index (χ0) is 26.5. The van der Waals surface area contributed by atoms with E-state index >= 15 is 0 Å². The largest absolute Gasteiger partial charge is 0.472 e. The van der Waals surface area contributed by atoms with Crippen molar-refractivity contribution in [3.63, 3.8) is 0 Å². The lowest BCUT2D eigenvalue weighted by atomic mass is 10.0. The second kappa shape index (κ2) is 10.8. The lowest BCUT2D eigenvalue weighted by Crippen LogP contribution is -2.51. The van der Waals surface area contributed by atoms with E-state index in [1.54, 1.807) is 5.43 Å². The highest BCUT2D eigenvalue weighted by Gasteiger charge is 2.39. The Kier molecular flexibility index (Phi) is 8.02. The van der Waals surface area contributed by atoms with Gasteiger partial charge >= 0.3 is 24.3 Å². The van der Waals surface area contributed by atoms with Gasteiger partial charge in [0.15, 0.2) is 0 Å². The van der Waals surface area contributed by atoms with Crippen LogP contribution in [0.5, 0.6) is 0 Å². The minimum atomic E-state index is -5.16. The average Bonchev–Trinajstić information content (AvgIpc) is 2.82. The number of halogens is 6. The third kappa shape index (κ3) is 7.07. The van der Waals surface area contributed by atoms with Crippen molar-refractivity contribution in [2.24, 2.45) is 0 Å². The number of benzene rings is 1. The molecule has 2 heterocycles. The summed E-state index contributed by atoms with van der Waals surface area (Å²) in [5, 5.41) is 2.35. The Labute approximate surface area is 199 Å². The second-order valence-electron chi connectivity index (χ2n) is 7.57. The normalized spacial score (nSPS) is 16.3. The van der Waals surface area contributed by atoms with E-state index in [1.807, 2.05) is 0 Å².